The number of carboxylic acid groups (broad SMARTS) is 1. The van der Waals surface area contributed by atoms with Crippen LogP contribution >= 0.6 is 23.2 Å². The molecule has 0 saturated carbocycles. The van der Waals surface area contributed by atoms with Crippen LogP contribution < -0.4 is 10.6 Å². The summed E-state index contributed by atoms with van der Waals surface area (Å²) < 4.78 is 0. The van der Waals surface area contributed by atoms with Crippen molar-refractivity contribution in [3.63, 3.8) is 0 Å². The van der Waals surface area contributed by atoms with Crippen LogP contribution in [0.15, 0.2) is 12.1 Å². The van der Waals surface area contributed by atoms with Gasteiger partial charge in [0, 0.05) is 6.04 Å². The van der Waals surface area contributed by atoms with Gasteiger partial charge in [0.25, 0.3) is 0 Å². The molecular weight excluding hydrogens is 303 g/mol. The van der Waals surface area contributed by atoms with E-state index in [0.29, 0.717) is 0 Å². The minimum atomic E-state index is -1.12. The molecule has 1 aliphatic rings. The summed E-state index contributed by atoms with van der Waals surface area (Å²) >= 11 is 12.0. The van der Waals surface area contributed by atoms with Crippen molar-refractivity contribution >= 4 is 40.8 Å². The second-order valence-electron chi connectivity index (χ2n) is 4.75. The highest BCUT2D eigenvalue weighted by Crippen LogP contribution is 2.33. The minimum Gasteiger partial charge on any atom is -0.478 e. The number of carbonyl (C=O) groups is 2. The Balaban J connectivity index is 2.21. The number of hydrogen-bond donors (Lipinski definition) is 3. The molecule has 5 nitrogen and oxygen atoms in total. The lowest BCUT2D eigenvalue weighted by Gasteiger charge is -2.16. The zero-order valence-electron chi connectivity index (χ0n) is 10.7. The summed E-state index contributed by atoms with van der Waals surface area (Å²) in [5, 5.41) is 15.0. The van der Waals surface area contributed by atoms with Gasteiger partial charge in [-0.2, -0.15) is 0 Å². The maximum absolute atomic E-state index is 12.2. The molecule has 1 fully saturated rings. The van der Waals surface area contributed by atoms with Crippen LogP contribution in [-0.2, 0) is 4.79 Å². The number of carboxylic acids is 1. The van der Waals surface area contributed by atoms with E-state index in [9.17, 15) is 9.59 Å². The summed E-state index contributed by atoms with van der Waals surface area (Å²) in [6.07, 6.45) is 0.745. The van der Waals surface area contributed by atoms with Gasteiger partial charge in [-0.15, -0.1) is 0 Å². The average molecular weight is 317 g/mol. The van der Waals surface area contributed by atoms with Crippen molar-refractivity contribution in [2.75, 3.05) is 11.9 Å². The topological polar surface area (TPSA) is 78.4 Å². The Morgan fingerprint density at radius 3 is 2.40 bits per heavy atom. The summed E-state index contributed by atoms with van der Waals surface area (Å²) in [5.74, 6) is -1.45. The molecule has 1 aliphatic heterocycles. The third kappa shape index (κ3) is 3.06. The Morgan fingerprint density at radius 1 is 1.35 bits per heavy atom. The van der Waals surface area contributed by atoms with Gasteiger partial charge < -0.3 is 15.7 Å². The van der Waals surface area contributed by atoms with E-state index in [1.54, 1.807) is 0 Å². The predicted molar refractivity (Wildman–Crippen MR) is 77.6 cm³/mol. The molecule has 1 aromatic rings. The smallest absolute Gasteiger partial charge is 0.335 e. The van der Waals surface area contributed by atoms with Crippen LogP contribution in [-0.4, -0.2) is 29.6 Å². The number of aromatic carboxylic acids is 1. The van der Waals surface area contributed by atoms with E-state index in [-0.39, 0.29) is 39.2 Å². The first-order chi connectivity index (χ1) is 9.40. The van der Waals surface area contributed by atoms with Gasteiger partial charge in [-0.05, 0) is 32.0 Å². The fourth-order valence-corrected chi connectivity index (χ4v) is 2.83. The van der Waals surface area contributed by atoms with E-state index in [1.807, 2.05) is 6.92 Å². The molecule has 3 N–H and O–H groups in total. The van der Waals surface area contributed by atoms with Gasteiger partial charge in [-0.25, -0.2) is 4.79 Å². The van der Waals surface area contributed by atoms with Crippen LogP contribution in [0.5, 0.6) is 0 Å². The summed E-state index contributed by atoms with van der Waals surface area (Å²) in [6, 6.07) is 2.62. The highest BCUT2D eigenvalue weighted by atomic mass is 35.5. The van der Waals surface area contributed by atoms with Gasteiger partial charge in [-0.3, -0.25) is 4.79 Å². The first-order valence-electron chi connectivity index (χ1n) is 6.16. The molecule has 1 aromatic carbocycles. The number of anilines is 1. The fraction of sp³-hybridized carbons (Fsp3) is 0.385. The van der Waals surface area contributed by atoms with Crippen molar-refractivity contribution in [1.29, 1.82) is 0 Å². The Morgan fingerprint density at radius 2 is 1.95 bits per heavy atom. The van der Waals surface area contributed by atoms with E-state index in [1.165, 1.54) is 12.1 Å². The number of benzene rings is 1. The lowest BCUT2D eigenvalue weighted by atomic mass is 10.0. The summed E-state index contributed by atoms with van der Waals surface area (Å²) in [4.78, 5) is 23.0. The number of halogens is 2. The number of carbonyl (C=O) groups excluding carboxylic acids is 1. The van der Waals surface area contributed by atoms with Gasteiger partial charge in [0.2, 0.25) is 5.91 Å². The Kier molecular flexibility index (Phi) is 4.52. The number of amides is 1. The molecule has 2 atom stereocenters. The Labute approximate surface area is 126 Å². The van der Waals surface area contributed by atoms with E-state index >= 15 is 0 Å². The van der Waals surface area contributed by atoms with Crippen LogP contribution in [0, 0.1) is 5.92 Å². The van der Waals surface area contributed by atoms with Crippen molar-refractivity contribution < 1.29 is 14.7 Å². The molecule has 1 amide bonds. The summed E-state index contributed by atoms with van der Waals surface area (Å²) in [5.41, 5.74) is 0.233. The molecule has 1 saturated heterocycles. The van der Waals surface area contributed by atoms with Gasteiger partial charge in [0.05, 0.1) is 27.2 Å². The molecule has 20 heavy (non-hydrogen) atoms. The van der Waals surface area contributed by atoms with Crippen molar-refractivity contribution in [3.05, 3.63) is 27.7 Å². The maximum atomic E-state index is 12.2. The molecule has 0 aliphatic carbocycles. The zero-order valence-corrected chi connectivity index (χ0v) is 12.3. The molecular formula is C13H14Cl2N2O3. The lowest BCUT2D eigenvalue weighted by Crippen LogP contribution is -2.32. The third-order valence-corrected chi connectivity index (χ3v) is 4.00. The average Bonchev–Trinajstić information content (AvgIpc) is 2.79. The van der Waals surface area contributed by atoms with Crippen molar-refractivity contribution in [2.45, 2.75) is 19.4 Å². The zero-order chi connectivity index (χ0) is 14.9. The second-order valence-corrected chi connectivity index (χ2v) is 5.56. The van der Waals surface area contributed by atoms with Gasteiger partial charge in [0.15, 0.2) is 0 Å². The molecule has 0 bridgehead atoms. The minimum absolute atomic E-state index is 0.0195. The second kappa shape index (κ2) is 5.99. The molecule has 1 heterocycles. The van der Waals surface area contributed by atoms with Crippen LogP contribution in [0.4, 0.5) is 5.69 Å². The highest BCUT2D eigenvalue weighted by molar-refractivity contribution is 6.40. The summed E-state index contributed by atoms with van der Waals surface area (Å²) in [6.45, 7) is 2.73. The molecule has 2 unspecified atom stereocenters. The molecule has 0 radical (unpaired) electrons. The van der Waals surface area contributed by atoms with Crippen molar-refractivity contribution in [1.82, 2.24) is 5.32 Å². The monoisotopic (exact) mass is 316 g/mol. The van der Waals surface area contributed by atoms with Gasteiger partial charge in [0.1, 0.15) is 0 Å². The first kappa shape index (κ1) is 15.1. The molecule has 108 valence electrons. The highest BCUT2D eigenvalue weighted by Gasteiger charge is 2.30. The van der Waals surface area contributed by atoms with Crippen LogP contribution in [0.3, 0.4) is 0 Å². The van der Waals surface area contributed by atoms with Crippen LogP contribution in [0.1, 0.15) is 23.7 Å². The Bertz CT molecular complexity index is 540. The third-order valence-electron chi connectivity index (χ3n) is 3.40. The standard InChI is InChI=1S/C13H14Cl2N2O3/c1-6-8(2-3-16-6)12(18)17-11-9(14)4-7(13(19)20)5-10(11)15/h4-6,8,16H,2-3H2,1H3,(H,17,18)(H,19,20). The largest absolute Gasteiger partial charge is 0.478 e. The molecule has 7 heteroatoms. The SMILES string of the molecule is CC1NCCC1C(=O)Nc1c(Cl)cc(C(=O)O)cc1Cl. The molecule has 0 aromatic heterocycles. The van der Waals surface area contributed by atoms with Crippen LogP contribution in [0.25, 0.3) is 0 Å². The molecule has 0 spiro atoms. The fourth-order valence-electron chi connectivity index (χ4n) is 2.25. The van der Waals surface area contributed by atoms with E-state index in [4.69, 9.17) is 28.3 Å². The van der Waals surface area contributed by atoms with Crippen molar-refractivity contribution in [2.24, 2.45) is 5.92 Å². The van der Waals surface area contributed by atoms with E-state index in [2.05, 4.69) is 10.6 Å². The van der Waals surface area contributed by atoms with E-state index < -0.39 is 5.97 Å². The van der Waals surface area contributed by atoms with Crippen LogP contribution in [0.2, 0.25) is 10.0 Å². The lowest BCUT2D eigenvalue weighted by molar-refractivity contribution is -0.120. The Hall–Kier alpha value is -1.30. The molecule has 2 rings (SSSR count). The summed E-state index contributed by atoms with van der Waals surface area (Å²) in [7, 11) is 0. The van der Waals surface area contributed by atoms with E-state index in [0.717, 1.165) is 13.0 Å². The number of rotatable bonds is 3. The normalized spacial score (nSPS) is 21.8. The van der Waals surface area contributed by atoms with Crippen molar-refractivity contribution in [3.8, 4) is 0 Å². The maximum Gasteiger partial charge on any atom is 0.335 e. The quantitative estimate of drug-likeness (QED) is 0.801. The number of nitrogens with one attached hydrogen (secondary N) is 2. The number of hydrogen-bond acceptors (Lipinski definition) is 3. The van der Waals surface area contributed by atoms with Gasteiger partial charge in [-0.1, -0.05) is 23.2 Å². The van der Waals surface area contributed by atoms with Gasteiger partial charge >= 0.3 is 5.97 Å². The first-order valence-corrected chi connectivity index (χ1v) is 6.92. The predicted octanol–water partition coefficient (Wildman–Crippen LogP) is 2.63.